The lowest BCUT2D eigenvalue weighted by molar-refractivity contribution is 1.73. The lowest BCUT2D eigenvalue weighted by atomic mass is 10.9. The summed E-state index contributed by atoms with van der Waals surface area (Å²) in [5, 5.41) is 0. The fourth-order valence-electron chi connectivity index (χ4n) is 0. The van der Waals surface area contributed by atoms with Crippen LogP contribution < -0.4 is 0 Å². The zero-order valence-electron chi connectivity index (χ0n) is 2.55. The molecule has 0 unspecified atom stereocenters. The van der Waals surface area contributed by atoms with Crippen molar-refractivity contribution < 1.29 is 0 Å². The molecular weight excluding hydrogens is 120 g/mol. The summed E-state index contributed by atoms with van der Waals surface area (Å²) in [6.07, 6.45) is 0. The van der Waals surface area contributed by atoms with Gasteiger partial charge in [0.1, 0.15) is 0 Å². The van der Waals surface area contributed by atoms with E-state index in [1.807, 2.05) is 0 Å². The zero-order chi connectivity index (χ0) is 4.28. The Kier molecular flexibility index (Phi) is 3.93. The second-order valence-corrected chi connectivity index (χ2v) is 2.32. The Labute approximate surface area is 48.6 Å². The molecule has 0 atom stereocenters. The van der Waals surface area contributed by atoms with Crippen LogP contribution in [0.5, 0.6) is 0 Å². The quantitative estimate of drug-likeness (QED) is 0.432. The summed E-state index contributed by atoms with van der Waals surface area (Å²) in [6.45, 7) is 0. The van der Waals surface area contributed by atoms with Crippen LogP contribution in [0.3, 0.4) is 0 Å². The molecule has 0 aromatic rings. The van der Waals surface area contributed by atoms with Gasteiger partial charge in [0.15, 0.2) is 0 Å². The topological polar surface area (TPSA) is 0 Å². The maximum atomic E-state index is 3.83. The van der Waals surface area contributed by atoms with Crippen LogP contribution >= 0.6 is 37.9 Å². The molecule has 3 heteroatoms. The van der Waals surface area contributed by atoms with Crippen LogP contribution in [0.15, 0.2) is 0 Å². The molecule has 0 amide bonds. The maximum absolute atomic E-state index is 3.83. The third-order valence-corrected chi connectivity index (χ3v) is 1.27. The van der Waals surface area contributed by atoms with E-state index >= 15 is 0 Å². The van der Waals surface area contributed by atoms with E-state index in [4.69, 9.17) is 0 Å². The molecular formula is C2H5S3. The van der Waals surface area contributed by atoms with Gasteiger partial charge in [-0.3, -0.25) is 0 Å². The van der Waals surface area contributed by atoms with Crippen molar-refractivity contribution in [3.8, 4) is 0 Å². The molecule has 0 heterocycles. The van der Waals surface area contributed by atoms with Crippen LogP contribution in [0.4, 0.5) is 0 Å². The molecule has 0 aliphatic carbocycles. The van der Waals surface area contributed by atoms with E-state index in [1.165, 1.54) is 0 Å². The Morgan fingerprint density at radius 2 is 1.60 bits per heavy atom. The van der Waals surface area contributed by atoms with Crippen LogP contribution in [0.2, 0.25) is 0 Å². The molecule has 0 saturated carbocycles. The summed E-state index contributed by atoms with van der Waals surface area (Å²) >= 11 is 11.4. The fourth-order valence-corrected chi connectivity index (χ4v) is 0. The molecule has 0 aliphatic heterocycles. The second kappa shape index (κ2) is 3.25. The summed E-state index contributed by atoms with van der Waals surface area (Å²) in [5.74, 6) is 0.645. The molecule has 0 rings (SSSR count). The van der Waals surface area contributed by atoms with Gasteiger partial charge in [0.05, 0.1) is 4.58 Å². The highest BCUT2D eigenvalue weighted by atomic mass is 32.2. The third kappa shape index (κ3) is 5.05. The standard InChI is InChI=1S/C2H5S3/c3-1-2(4)5/h3-5H,1H2. The van der Waals surface area contributed by atoms with E-state index in [9.17, 15) is 0 Å². The molecule has 0 aromatic carbocycles. The molecule has 0 nitrogen and oxygen atoms in total. The molecule has 0 bridgehead atoms. The SMILES string of the molecule is SC[C](S)S. The predicted octanol–water partition coefficient (Wildman–Crippen LogP) is 1.27. The normalized spacial score (nSPS) is 9.60. The molecule has 0 saturated heterocycles. The van der Waals surface area contributed by atoms with Crippen molar-refractivity contribution in [1.29, 1.82) is 0 Å². The van der Waals surface area contributed by atoms with E-state index in [-0.39, 0.29) is 0 Å². The van der Waals surface area contributed by atoms with Crippen LogP contribution in [0, 0.1) is 4.58 Å². The van der Waals surface area contributed by atoms with Crippen molar-refractivity contribution in [3.63, 3.8) is 0 Å². The first-order valence-electron chi connectivity index (χ1n) is 1.12. The first-order chi connectivity index (χ1) is 2.27. The predicted molar refractivity (Wildman–Crippen MR) is 35.1 cm³/mol. The lowest BCUT2D eigenvalue weighted by Crippen LogP contribution is -1.70. The highest BCUT2D eigenvalue weighted by Gasteiger charge is 1.84. The lowest BCUT2D eigenvalue weighted by Gasteiger charge is -1.86. The molecule has 31 valence electrons. The average molecular weight is 125 g/mol. The summed E-state index contributed by atoms with van der Waals surface area (Å²) in [6, 6.07) is 0. The first-order valence-corrected chi connectivity index (χ1v) is 2.64. The first kappa shape index (κ1) is 6.05. The van der Waals surface area contributed by atoms with E-state index in [2.05, 4.69) is 37.9 Å². The van der Waals surface area contributed by atoms with Crippen molar-refractivity contribution in [2.24, 2.45) is 0 Å². The highest BCUT2D eigenvalue weighted by molar-refractivity contribution is 8.04. The van der Waals surface area contributed by atoms with Crippen LogP contribution in [0.1, 0.15) is 0 Å². The van der Waals surface area contributed by atoms with Gasteiger partial charge < -0.3 is 0 Å². The van der Waals surface area contributed by atoms with Gasteiger partial charge in [-0.05, 0) is 0 Å². The van der Waals surface area contributed by atoms with E-state index < -0.39 is 0 Å². The number of thiol groups is 3. The summed E-state index contributed by atoms with van der Waals surface area (Å²) in [4.78, 5) is 0. The summed E-state index contributed by atoms with van der Waals surface area (Å²) in [5.41, 5.74) is 0. The van der Waals surface area contributed by atoms with Gasteiger partial charge in [0.25, 0.3) is 0 Å². The number of hydrogen-bond donors (Lipinski definition) is 3. The Bertz CT molecular complexity index is 18.9. The van der Waals surface area contributed by atoms with Crippen molar-refractivity contribution >= 4 is 37.9 Å². The molecule has 0 fully saturated rings. The van der Waals surface area contributed by atoms with Gasteiger partial charge in [-0.15, -0.1) is 0 Å². The fraction of sp³-hybridized carbons (Fsp3) is 0.500. The van der Waals surface area contributed by atoms with Crippen LogP contribution in [-0.2, 0) is 0 Å². The number of rotatable bonds is 1. The van der Waals surface area contributed by atoms with Gasteiger partial charge >= 0.3 is 0 Å². The Morgan fingerprint density at radius 3 is 1.60 bits per heavy atom. The summed E-state index contributed by atoms with van der Waals surface area (Å²) < 4.78 is 0.758. The Hall–Kier alpha value is 1.05. The van der Waals surface area contributed by atoms with Gasteiger partial charge in [-0.2, -0.15) is 37.9 Å². The monoisotopic (exact) mass is 125 g/mol. The Morgan fingerprint density at radius 1 is 1.40 bits per heavy atom. The molecule has 1 radical (unpaired) electrons. The second-order valence-electron chi connectivity index (χ2n) is 0.574. The highest BCUT2D eigenvalue weighted by Crippen LogP contribution is 2.09. The number of hydrogen-bond acceptors (Lipinski definition) is 3. The molecule has 0 aliphatic rings. The summed E-state index contributed by atoms with van der Waals surface area (Å²) in [7, 11) is 0. The molecule has 0 aromatic heterocycles. The van der Waals surface area contributed by atoms with Crippen LogP contribution in [-0.4, -0.2) is 5.75 Å². The molecule has 0 spiro atoms. The van der Waals surface area contributed by atoms with Crippen molar-refractivity contribution in [1.82, 2.24) is 0 Å². The molecule has 0 N–H and O–H groups in total. The van der Waals surface area contributed by atoms with Gasteiger partial charge in [0.2, 0.25) is 0 Å². The smallest absolute Gasteiger partial charge is 0.0880 e. The van der Waals surface area contributed by atoms with E-state index in [0.29, 0.717) is 5.75 Å². The van der Waals surface area contributed by atoms with Gasteiger partial charge in [-0.1, -0.05) is 0 Å². The van der Waals surface area contributed by atoms with Crippen molar-refractivity contribution in [2.45, 2.75) is 0 Å². The minimum Gasteiger partial charge on any atom is -0.177 e. The van der Waals surface area contributed by atoms with Gasteiger partial charge in [-0.25, -0.2) is 0 Å². The average Bonchev–Trinajstić information content (AvgIpc) is 1.38. The van der Waals surface area contributed by atoms with Crippen molar-refractivity contribution in [3.05, 3.63) is 4.58 Å². The third-order valence-electron chi connectivity index (χ3n) is 0.141. The van der Waals surface area contributed by atoms with Crippen molar-refractivity contribution in [2.75, 3.05) is 5.75 Å². The molecule has 5 heavy (non-hydrogen) atoms. The zero-order valence-corrected chi connectivity index (χ0v) is 5.23. The minimum absolute atomic E-state index is 0.645. The van der Waals surface area contributed by atoms with E-state index in [1.54, 1.807) is 0 Å². The van der Waals surface area contributed by atoms with Gasteiger partial charge in [0, 0.05) is 5.75 Å². The maximum Gasteiger partial charge on any atom is 0.0880 e. The van der Waals surface area contributed by atoms with E-state index in [0.717, 1.165) is 4.58 Å². The largest absolute Gasteiger partial charge is 0.177 e. The minimum atomic E-state index is 0.645. The van der Waals surface area contributed by atoms with Crippen LogP contribution in [0.25, 0.3) is 0 Å². The Balaban J connectivity index is 2.54.